The average molecular weight is 779 g/mol. The smallest absolute Gasteiger partial charge is 0.253 e. The molecule has 0 saturated heterocycles. The SMILES string of the molecule is C[C@H](O)C(=O)Nc1c(I)c(C(=O)NC(CO)CO)c(I)c(C(O)NC(CO)CO)c1I. The molecular formula is C17H24I3N3O8. The van der Waals surface area contributed by atoms with Crippen molar-refractivity contribution in [2.75, 3.05) is 31.7 Å². The van der Waals surface area contributed by atoms with Gasteiger partial charge in [-0.25, -0.2) is 0 Å². The number of hydrogen-bond donors (Lipinski definition) is 9. The van der Waals surface area contributed by atoms with Crippen LogP contribution in [0.25, 0.3) is 0 Å². The second-order valence-corrected chi connectivity index (χ2v) is 9.67. The van der Waals surface area contributed by atoms with Crippen LogP contribution in [0, 0.1) is 10.7 Å². The number of nitrogens with one attached hydrogen (secondary N) is 3. The van der Waals surface area contributed by atoms with Gasteiger partial charge in [0, 0.05) is 12.7 Å². The topological polar surface area (TPSA) is 192 Å². The molecule has 1 unspecified atom stereocenters. The van der Waals surface area contributed by atoms with E-state index in [9.17, 15) is 40.2 Å². The molecule has 0 aliphatic carbocycles. The highest BCUT2D eigenvalue weighted by Crippen LogP contribution is 2.38. The zero-order valence-electron chi connectivity index (χ0n) is 16.3. The molecule has 0 fully saturated rings. The normalized spacial score (nSPS) is 13.4. The van der Waals surface area contributed by atoms with E-state index in [1.807, 2.05) is 67.8 Å². The Labute approximate surface area is 219 Å². The van der Waals surface area contributed by atoms with Crippen LogP contribution < -0.4 is 16.0 Å². The number of carbonyl (C=O) groups is 2. The molecule has 1 aromatic rings. The predicted octanol–water partition coefficient (Wildman–Crippen LogP) is -1.16. The first-order valence-electron chi connectivity index (χ1n) is 8.91. The first-order valence-corrected chi connectivity index (χ1v) is 12.1. The summed E-state index contributed by atoms with van der Waals surface area (Å²) in [7, 11) is 0. The number of hydrogen-bond acceptors (Lipinski definition) is 9. The number of rotatable bonds is 11. The van der Waals surface area contributed by atoms with E-state index in [1.165, 1.54) is 6.92 Å². The van der Waals surface area contributed by atoms with Crippen LogP contribution in [0.5, 0.6) is 0 Å². The lowest BCUT2D eigenvalue weighted by molar-refractivity contribution is -0.123. The van der Waals surface area contributed by atoms with Gasteiger partial charge < -0.3 is 41.3 Å². The van der Waals surface area contributed by atoms with Crippen LogP contribution in [0.4, 0.5) is 5.69 Å². The fourth-order valence-electron chi connectivity index (χ4n) is 2.34. The maximum atomic E-state index is 12.9. The number of aliphatic hydroxyl groups is 6. The van der Waals surface area contributed by atoms with Gasteiger partial charge in [-0.05, 0) is 74.7 Å². The van der Waals surface area contributed by atoms with E-state index in [2.05, 4.69) is 16.0 Å². The van der Waals surface area contributed by atoms with Crippen LogP contribution >= 0.6 is 67.8 Å². The van der Waals surface area contributed by atoms with Crippen LogP contribution in [0.15, 0.2) is 0 Å². The summed E-state index contributed by atoms with van der Waals surface area (Å²) < 4.78 is 0.986. The van der Waals surface area contributed by atoms with Crippen molar-refractivity contribution in [3.8, 4) is 0 Å². The van der Waals surface area contributed by atoms with Gasteiger partial charge in [-0.1, -0.05) is 0 Å². The molecule has 0 spiro atoms. The van der Waals surface area contributed by atoms with E-state index < -0.39 is 62.7 Å². The Balaban J connectivity index is 3.64. The molecule has 0 radical (unpaired) electrons. The summed E-state index contributed by atoms with van der Waals surface area (Å²) >= 11 is 5.56. The Morgan fingerprint density at radius 2 is 1.39 bits per heavy atom. The van der Waals surface area contributed by atoms with Gasteiger partial charge in [-0.2, -0.15) is 0 Å². The van der Waals surface area contributed by atoms with Gasteiger partial charge in [0.05, 0.1) is 53.3 Å². The number of aliphatic hydroxyl groups excluding tert-OH is 6. The van der Waals surface area contributed by atoms with E-state index in [1.54, 1.807) is 0 Å². The zero-order chi connectivity index (χ0) is 23.9. The van der Waals surface area contributed by atoms with Crippen molar-refractivity contribution in [2.24, 2.45) is 0 Å². The third-order valence-electron chi connectivity index (χ3n) is 4.09. The van der Waals surface area contributed by atoms with Crippen LogP contribution in [0.2, 0.25) is 0 Å². The molecular weight excluding hydrogens is 755 g/mol. The third kappa shape index (κ3) is 7.54. The Morgan fingerprint density at radius 1 is 0.871 bits per heavy atom. The van der Waals surface area contributed by atoms with Crippen molar-refractivity contribution in [1.29, 1.82) is 0 Å². The highest BCUT2D eigenvalue weighted by Gasteiger charge is 2.30. The lowest BCUT2D eigenvalue weighted by Gasteiger charge is -2.26. The predicted molar refractivity (Wildman–Crippen MR) is 136 cm³/mol. The second kappa shape index (κ2) is 13.7. The van der Waals surface area contributed by atoms with Crippen molar-refractivity contribution in [3.63, 3.8) is 0 Å². The van der Waals surface area contributed by atoms with Gasteiger partial charge in [0.15, 0.2) is 0 Å². The van der Waals surface area contributed by atoms with Crippen molar-refractivity contribution < 1.29 is 40.2 Å². The standard InChI is InChI=1S/C17H24I3N3O8/c1-6(28)15(29)23-14-12(19)9(16(30)21-7(2-24)3-25)11(18)10(13(14)20)17(31)22-8(4-26)5-27/h6-8,16,21,24-28,30H,2-5H2,1H3,(H,22,31)(H,23,29)/t6-,16?/m0/s1. The van der Waals surface area contributed by atoms with Crippen LogP contribution in [0.3, 0.4) is 0 Å². The Hall–Kier alpha value is 0.0700. The van der Waals surface area contributed by atoms with Crippen LogP contribution in [0.1, 0.15) is 29.1 Å². The van der Waals surface area contributed by atoms with E-state index >= 15 is 0 Å². The summed E-state index contributed by atoms with van der Waals surface area (Å²) in [5.74, 6) is -1.40. The quantitative estimate of drug-likeness (QED) is 0.0986. The van der Waals surface area contributed by atoms with E-state index in [4.69, 9.17) is 0 Å². The maximum Gasteiger partial charge on any atom is 0.253 e. The first kappa shape index (κ1) is 29.1. The van der Waals surface area contributed by atoms with Crippen molar-refractivity contribution in [1.82, 2.24) is 10.6 Å². The number of benzene rings is 1. The number of anilines is 1. The van der Waals surface area contributed by atoms with Gasteiger partial charge >= 0.3 is 0 Å². The number of carbonyl (C=O) groups excluding carboxylic acids is 2. The molecule has 2 atom stereocenters. The molecule has 176 valence electrons. The molecule has 1 rings (SSSR count). The molecule has 0 aromatic heterocycles. The van der Waals surface area contributed by atoms with Crippen molar-refractivity contribution >= 4 is 85.3 Å². The summed E-state index contributed by atoms with van der Waals surface area (Å²) in [4.78, 5) is 25.0. The lowest BCUT2D eigenvalue weighted by Crippen LogP contribution is -2.42. The second-order valence-electron chi connectivity index (χ2n) is 6.44. The van der Waals surface area contributed by atoms with Crippen molar-refractivity contribution in [2.45, 2.75) is 31.3 Å². The average Bonchev–Trinajstić information content (AvgIpc) is 2.72. The Morgan fingerprint density at radius 3 is 1.84 bits per heavy atom. The lowest BCUT2D eigenvalue weighted by atomic mass is 10.1. The molecule has 0 heterocycles. The van der Waals surface area contributed by atoms with Gasteiger partial charge in [0.25, 0.3) is 11.8 Å². The van der Waals surface area contributed by atoms with Gasteiger partial charge in [0.1, 0.15) is 12.3 Å². The zero-order valence-corrected chi connectivity index (χ0v) is 22.7. The molecule has 1 aromatic carbocycles. The van der Waals surface area contributed by atoms with Gasteiger partial charge in [-0.3, -0.25) is 14.9 Å². The number of amides is 2. The van der Waals surface area contributed by atoms with E-state index in [-0.39, 0.29) is 16.8 Å². The first-order chi connectivity index (χ1) is 14.5. The van der Waals surface area contributed by atoms with Crippen LogP contribution in [-0.2, 0) is 4.79 Å². The summed E-state index contributed by atoms with van der Waals surface area (Å²) in [5, 5.41) is 65.1. The van der Waals surface area contributed by atoms with Crippen LogP contribution in [-0.4, -0.2) is 87.1 Å². The molecule has 11 nitrogen and oxygen atoms in total. The molecule has 0 aliphatic heterocycles. The maximum absolute atomic E-state index is 12.9. The molecule has 14 heteroatoms. The fraction of sp³-hybridized carbons (Fsp3) is 0.529. The minimum atomic E-state index is -1.43. The third-order valence-corrected chi connectivity index (χ3v) is 7.41. The van der Waals surface area contributed by atoms with Gasteiger partial charge in [0.2, 0.25) is 0 Å². The minimum Gasteiger partial charge on any atom is -0.395 e. The highest BCUT2D eigenvalue weighted by molar-refractivity contribution is 14.1. The largest absolute Gasteiger partial charge is 0.395 e. The van der Waals surface area contributed by atoms with Gasteiger partial charge in [-0.15, -0.1) is 0 Å². The summed E-state index contributed by atoms with van der Waals surface area (Å²) in [6, 6.07) is -1.77. The monoisotopic (exact) mass is 779 g/mol. The van der Waals surface area contributed by atoms with Crippen molar-refractivity contribution in [3.05, 3.63) is 21.8 Å². The molecule has 0 bridgehead atoms. The molecule has 31 heavy (non-hydrogen) atoms. The number of halogens is 3. The molecule has 2 amide bonds. The Kier molecular flexibility index (Phi) is 12.9. The molecule has 9 N–H and O–H groups in total. The van der Waals surface area contributed by atoms with E-state index in [0.717, 1.165) is 0 Å². The molecule has 0 aliphatic rings. The summed E-state index contributed by atoms with van der Waals surface area (Å²) in [5.41, 5.74) is 0.432. The molecule has 0 saturated carbocycles. The minimum absolute atomic E-state index is 0.0646. The summed E-state index contributed by atoms with van der Waals surface area (Å²) in [6.07, 6.45) is -2.77. The summed E-state index contributed by atoms with van der Waals surface area (Å²) in [6.45, 7) is -0.654. The highest BCUT2D eigenvalue weighted by atomic mass is 127. The van der Waals surface area contributed by atoms with E-state index in [0.29, 0.717) is 10.7 Å². The fourth-order valence-corrected chi connectivity index (χ4v) is 6.85. The Bertz CT molecular complexity index is 789.